The second-order valence-corrected chi connectivity index (χ2v) is 4.94. The van der Waals surface area contributed by atoms with Crippen molar-refractivity contribution in [1.82, 2.24) is 4.90 Å². The van der Waals surface area contributed by atoms with Crippen molar-refractivity contribution in [3.05, 3.63) is 0 Å². The van der Waals surface area contributed by atoms with E-state index in [-0.39, 0.29) is 18.6 Å². The fourth-order valence-corrected chi connectivity index (χ4v) is 2.51. The third-order valence-electron chi connectivity index (χ3n) is 3.54. The summed E-state index contributed by atoms with van der Waals surface area (Å²) in [7, 11) is 0. The Morgan fingerprint density at radius 1 is 1.53 bits per heavy atom. The SMILES string of the molecule is CCCC[C@H](N)C(=O)N1CCCC1CCCO. The van der Waals surface area contributed by atoms with Gasteiger partial charge in [0.1, 0.15) is 0 Å². The van der Waals surface area contributed by atoms with Gasteiger partial charge in [-0.05, 0) is 32.1 Å². The van der Waals surface area contributed by atoms with Crippen LogP contribution in [-0.4, -0.2) is 41.1 Å². The van der Waals surface area contributed by atoms with E-state index < -0.39 is 0 Å². The molecular formula is C13H26N2O2. The zero-order chi connectivity index (χ0) is 12.7. The normalized spacial score (nSPS) is 21.8. The zero-order valence-corrected chi connectivity index (χ0v) is 10.9. The molecule has 1 amide bonds. The Hall–Kier alpha value is -0.610. The van der Waals surface area contributed by atoms with Crippen molar-refractivity contribution in [2.45, 2.75) is 64.0 Å². The van der Waals surface area contributed by atoms with Crippen LogP contribution in [0.3, 0.4) is 0 Å². The molecule has 0 spiro atoms. The molecule has 1 rings (SSSR count). The molecule has 1 aliphatic heterocycles. The lowest BCUT2D eigenvalue weighted by molar-refractivity contribution is -0.133. The number of carbonyl (C=O) groups excluding carboxylic acids is 1. The number of likely N-dealkylation sites (tertiary alicyclic amines) is 1. The highest BCUT2D eigenvalue weighted by Gasteiger charge is 2.30. The van der Waals surface area contributed by atoms with Gasteiger partial charge in [-0.3, -0.25) is 4.79 Å². The Balaban J connectivity index is 2.43. The smallest absolute Gasteiger partial charge is 0.239 e. The molecule has 0 aromatic carbocycles. The first-order valence-corrected chi connectivity index (χ1v) is 6.87. The molecule has 1 aliphatic rings. The molecule has 0 aliphatic carbocycles. The summed E-state index contributed by atoms with van der Waals surface area (Å²) in [4.78, 5) is 14.1. The second kappa shape index (κ2) is 7.67. The van der Waals surface area contributed by atoms with Crippen molar-refractivity contribution < 1.29 is 9.90 Å². The van der Waals surface area contributed by atoms with Crippen LogP contribution in [0.1, 0.15) is 51.9 Å². The maximum atomic E-state index is 12.2. The van der Waals surface area contributed by atoms with Gasteiger partial charge in [-0.1, -0.05) is 19.8 Å². The lowest BCUT2D eigenvalue weighted by Crippen LogP contribution is -2.46. The van der Waals surface area contributed by atoms with Crippen LogP contribution in [0.4, 0.5) is 0 Å². The lowest BCUT2D eigenvalue weighted by Gasteiger charge is -2.27. The lowest BCUT2D eigenvalue weighted by atomic mass is 10.1. The number of amides is 1. The summed E-state index contributed by atoms with van der Waals surface area (Å²) in [5, 5.41) is 8.85. The monoisotopic (exact) mass is 242 g/mol. The van der Waals surface area contributed by atoms with E-state index in [1.807, 2.05) is 4.90 Å². The standard InChI is InChI=1S/C13H26N2O2/c1-2-3-8-12(14)13(17)15-9-4-6-11(15)7-5-10-16/h11-12,16H,2-10,14H2,1H3/t11?,12-/m0/s1. The van der Waals surface area contributed by atoms with E-state index in [0.29, 0.717) is 6.04 Å². The number of nitrogens with zero attached hydrogens (tertiary/aromatic N) is 1. The van der Waals surface area contributed by atoms with Gasteiger partial charge in [-0.15, -0.1) is 0 Å². The number of aliphatic hydroxyl groups excluding tert-OH is 1. The molecule has 0 radical (unpaired) electrons. The maximum absolute atomic E-state index is 12.2. The molecule has 3 N–H and O–H groups in total. The molecule has 4 heteroatoms. The number of hydrogen-bond donors (Lipinski definition) is 2. The maximum Gasteiger partial charge on any atom is 0.239 e. The van der Waals surface area contributed by atoms with Crippen molar-refractivity contribution in [2.75, 3.05) is 13.2 Å². The minimum Gasteiger partial charge on any atom is -0.396 e. The minimum atomic E-state index is -0.329. The van der Waals surface area contributed by atoms with E-state index in [1.54, 1.807) is 0 Å². The molecule has 0 bridgehead atoms. The van der Waals surface area contributed by atoms with Gasteiger partial charge in [0, 0.05) is 19.2 Å². The van der Waals surface area contributed by atoms with Crippen molar-refractivity contribution >= 4 is 5.91 Å². The molecule has 4 nitrogen and oxygen atoms in total. The highest BCUT2D eigenvalue weighted by molar-refractivity contribution is 5.82. The molecular weight excluding hydrogens is 216 g/mol. The van der Waals surface area contributed by atoms with Crippen LogP contribution in [0.15, 0.2) is 0 Å². The third-order valence-corrected chi connectivity index (χ3v) is 3.54. The molecule has 0 aromatic heterocycles. The minimum absolute atomic E-state index is 0.110. The number of carbonyl (C=O) groups is 1. The summed E-state index contributed by atoms with van der Waals surface area (Å²) >= 11 is 0. The van der Waals surface area contributed by atoms with Crippen LogP contribution < -0.4 is 5.73 Å². The Labute approximate surface area is 104 Å². The van der Waals surface area contributed by atoms with E-state index >= 15 is 0 Å². The van der Waals surface area contributed by atoms with Crippen LogP contribution in [0.25, 0.3) is 0 Å². The van der Waals surface area contributed by atoms with Gasteiger partial charge >= 0.3 is 0 Å². The molecule has 1 fully saturated rings. The second-order valence-electron chi connectivity index (χ2n) is 4.94. The van der Waals surface area contributed by atoms with Crippen LogP contribution in [0, 0.1) is 0 Å². The summed E-state index contributed by atoms with van der Waals surface area (Å²) in [5.74, 6) is 0.110. The Morgan fingerprint density at radius 3 is 2.94 bits per heavy atom. The van der Waals surface area contributed by atoms with Gasteiger partial charge in [0.25, 0.3) is 0 Å². The average molecular weight is 242 g/mol. The Bertz CT molecular complexity index is 233. The van der Waals surface area contributed by atoms with E-state index in [1.165, 1.54) is 0 Å². The first-order chi connectivity index (χ1) is 8.20. The van der Waals surface area contributed by atoms with Crippen LogP contribution in [0.2, 0.25) is 0 Å². The Morgan fingerprint density at radius 2 is 2.29 bits per heavy atom. The van der Waals surface area contributed by atoms with Crippen molar-refractivity contribution in [1.29, 1.82) is 0 Å². The van der Waals surface area contributed by atoms with Gasteiger partial charge in [0.2, 0.25) is 5.91 Å². The quantitative estimate of drug-likeness (QED) is 0.706. The summed E-state index contributed by atoms with van der Waals surface area (Å²) in [6.45, 7) is 3.16. The van der Waals surface area contributed by atoms with Gasteiger partial charge < -0.3 is 15.7 Å². The Kier molecular flexibility index (Phi) is 6.52. The number of unbranched alkanes of at least 4 members (excludes halogenated alkanes) is 1. The first-order valence-electron chi connectivity index (χ1n) is 6.87. The predicted octanol–water partition coefficient (Wildman–Crippen LogP) is 1.27. The molecule has 100 valence electrons. The molecule has 1 saturated heterocycles. The predicted molar refractivity (Wildman–Crippen MR) is 68.6 cm³/mol. The van der Waals surface area contributed by atoms with Gasteiger partial charge in [-0.2, -0.15) is 0 Å². The average Bonchev–Trinajstić information content (AvgIpc) is 2.80. The van der Waals surface area contributed by atoms with Crippen LogP contribution in [-0.2, 0) is 4.79 Å². The summed E-state index contributed by atoms with van der Waals surface area (Å²) in [6, 6.07) is -0.0213. The third kappa shape index (κ3) is 4.28. The number of nitrogens with two attached hydrogens (primary N) is 1. The number of aliphatic hydroxyl groups is 1. The van der Waals surface area contributed by atoms with Crippen molar-refractivity contribution in [3.8, 4) is 0 Å². The molecule has 17 heavy (non-hydrogen) atoms. The topological polar surface area (TPSA) is 66.6 Å². The fourth-order valence-electron chi connectivity index (χ4n) is 2.51. The molecule has 1 heterocycles. The number of rotatable bonds is 7. The number of hydrogen-bond acceptors (Lipinski definition) is 3. The molecule has 2 atom stereocenters. The summed E-state index contributed by atoms with van der Waals surface area (Å²) in [5.41, 5.74) is 5.93. The molecule has 1 unspecified atom stereocenters. The zero-order valence-electron chi connectivity index (χ0n) is 10.9. The van der Waals surface area contributed by atoms with Crippen molar-refractivity contribution in [2.24, 2.45) is 5.73 Å². The van der Waals surface area contributed by atoms with E-state index in [2.05, 4.69) is 6.92 Å². The van der Waals surface area contributed by atoms with Crippen LogP contribution >= 0.6 is 0 Å². The first kappa shape index (κ1) is 14.5. The summed E-state index contributed by atoms with van der Waals surface area (Å²) < 4.78 is 0. The van der Waals surface area contributed by atoms with E-state index in [0.717, 1.165) is 51.5 Å². The van der Waals surface area contributed by atoms with E-state index in [9.17, 15) is 4.79 Å². The van der Waals surface area contributed by atoms with E-state index in [4.69, 9.17) is 10.8 Å². The van der Waals surface area contributed by atoms with Gasteiger partial charge in [-0.25, -0.2) is 0 Å². The van der Waals surface area contributed by atoms with Gasteiger partial charge in [0.15, 0.2) is 0 Å². The highest BCUT2D eigenvalue weighted by Crippen LogP contribution is 2.22. The largest absolute Gasteiger partial charge is 0.396 e. The van der Waals surface area contributed by atoms with Crippen molar-refractivity contribution in [3.63, 3.8) is 0 Å². The fraction of sp³-hybridized carbons (Fsp3) is 0.923. The van der Waals surface area contributed by atoms with Crippen LogP contribution in [0.5, 0.6) is 0 Å². The highest BCUT2D eigenvalue weighted by atomic mass is 16.3. The molecule has 0 saturated carbocycles. The van der Waals surface area contributed by atoms with Gasteiger partial charge in [0.05, 0.1) is 6.04 Å². The molecule has 0 aromatic rings. The summed E-state index contributed by atoms with van der Waals surface area (Å²) in [6.07, 6.45) is 6.70.